The van der Waals surface area contributed by atoms with Gasteiger partial charge in [0.1, 0.15) is 0 Å². The maximum Gasteiger partial charge on any atom is 0.191 e. The first-order valence-electron chi connectivity index (χ1n) is 8.88. The Kier molecular flexibility index (Phi) is 10.6. The van der Waals surface area contributed by atoms with Crippen molar-refractivity contribution in [1.82, 2.24) is 10.6 Å². The fraction of sp³-hybridized carbons (Fsp3) is 0.381. The first kappa shape index (κ1) is 23.1. The fourth-order valence-electron chi connectivity index (χ4n) is 2.73. The molecule has 148 valence electrons. The summed E-state index contributed by atoms with van der Waals surface area (Å²) in [5, 5.41) is 6.75. The Labute approximate surface area is 179 Å². The molecule has 0 aliphatic carbocycles. The largest absolute Gasteiger partial charge is 0.493 e. The van der Waals surface area contributed by atoms with E-state index >= 15 is 0 Å². The minimum atomic E-state index is 0. The van der Waals surface area contributed by atoms with Gasteiger partial charge in [0.2, 0.25) is 0 Å². The molecule has 5 nitrogen and oxygen atoms in total. The zero-order chi connectivity index (χ0) is 18.8. The molecule has 0 saturated heterocycles. The summed E-state index contributed by atoms with van der Waals surface area (Å²) in [5.74, 6) is 2.73. The predicted octanol–water partition coefficient (Wildman–Crippen LogP) is 3.83. The molecule has 0 spiro atoms. The van der Waals surface area contributed by atoms with E-state index in [0.29, 0.717) is 5.92 Å². The van der Waals surface area contributed by atoms with E-state index in [1.807, 2.05) is 18.2 Å². The average molecular weight is 483 g/mol. The molecule has 0 saturated carbocycles. The van der Waals surface area contributed by atoms with E-state index in [4.69, 9.17) is 9.47 Å². The van der Waals surface area contributed by atoms with Crippen LogP contribution < -0.4 is 20.1 Å². The van der Waals surface area contributed by atoms with Gasteiger partial charge in [0.25, 0.3) is 0 Å². The first-order chi connectivity index (χ1) is 12.7. The highest BCUT2D eigenvalue weighted by Crippen LogP contribution is 2.27. The van der Waals surface area contributed by atoms with Gasteiger partial charge in [-0.05, 0) is 35.6 Å². The molecule has 0 amide bonds. The summed E-state index contributed by atoms with van der Waals surface area (Å²) >= 11 is 0. The van der Waals surface area contributed by atoms with Crippen LogP contribution in [0.15, 0.2) is 53.5 Å². The van der Waals surface area contributed by atoms with E-state index in [2.05, 4.69) is 52.9 Å². The Morgan fingerprint density at radius 1 is 1.00 bits per heavy atom. The SMILES string of the molecule is CN=C(NCCc1ccc(OC)c(OC)c1)NCC(C)c1ccccc1.I. The van der Waals surface area contributed by atoms with E-state index < -0.39 is 0 Å². The van der Waals surface area contributed by atoms with Gasteiger partial charge in [0.05, 0.1) is 14.2 Å². The summed E-state index contributed by atoms with van der Waals surface area (Å²) in [6.07, 6.45) is 0.870. The minimum absolute atomic E-state index is 0. The molecule has 1 atom stereocenters. The Morgan fingerprint density at radius 3 is 2.33 bits per heavy atom. The van der Waals surface area contributed by atoms with E-state index in [1.54, 1.807) is 21.3 Å². The molecule has 2 rings (SSSR count). The second-order valence-electron chi connectivity index (χ2n) is 6.13. The highest BCUT2D eigenvalue weighted by molar-refractivity contribution is 14.0. The van der Waals surface area contributed by atoms with Gasteiger partial charge >= 0.3 is 0 Å². The lowest BCUT2D eigenvalue weighted by Gasteiger charge is -2.16. The summed E-state index contributed by atoms with van der Waals surface area (Å²) in [7, 11) is 5.09. The van der Waals surface area contributed by atoms with Gasteiger partial charge < -0.3 is 20.1 Å². The van der Waals surface area contributed by atoms with Gasteiger partial charge in [0, 0.05) is 20.1 Å². The highest BCUT2D eigenvalue weighted by Gasteiger charge is 2.07. The van der Waals surface area contributed by atoms with Crippen molar-refractivity contribution in [2.24, 2.45) is 4.99 Å². The number of benzene rings is 2. The van der Waals surface area contributed by atoms with E-state index in [9.17, 15) is 0 Å². The smallest absolute Gasteiger partial charge is 0.191 e. The van der Waals surface area contributed by atoms with Crippen molar-refractivity contribution in [2.75, 3.05) is 34.4 Å². The molecule has 0 heterocycles. The number of ether oxygens (including phenoxy) is 2. The zero-order valence-electron chi connectivity index (χ0n) is 16.5. The van der Waals surface area contributed by atoms with Crippen LogP contribution in [-0.2, 0) is 6.42 Å². The van der Waals surface area contributed by atoms with Gasteiger partial charge in [-0.2, -0.15) is 0 Å². The van der Waals surface area contributed by atoms with Gasteiger partial charge in [0.15, 0.2) is 17.5 Å². The van der Waals surface area contributed by atoms with Crippen LogP contribution >= 0.6 is 24.0 Å². The van der Waals surface area contributed by atoms with Gasteiger partial charge in [-0.25, -0.2) is 0 Å². The molecule has 0 bridgehead atoms. The monoisotopic (exact) mass is 483 g/mol. The molecule has 0 radical (unpaired) electrons. The van der Waals surface area contributed by atoms with Gasteiger partial charge in [-0.1, -0.05) is 43.3 Å². The lowest BCUT2D eigenvalue weighted by Crippen LogP contribution is -2.39. The van der Waals surface area contributed by atoms with Crippen LogP contribution in [0.5, 0.6) is 11.5 Å². The fourth-order valence-corrected chi connectivity index (χ4v) is 2.73. The van der Waals surface area contributed by atoms with E-state index in [-0.39, 0.29) is 24.0 Å². The first-order valence-corrected chi connectivity index (χ1v) is 8.88. The number of hydrogen-bond acceptors (Lipinski definition) is 3. The van der Waals surface area contributed by atoms with Crippen LogP contribution in [0.2, 0.25) is 0 Å². The number of nitrogens with one attached hydrogen (secondary N) is 2. The number of halogens is 1. The second-order valence-corrected chi connectivity index (χ2v) is 6.13. The third-order valence-corrected chi connectivity index (χ3v) is 4.32. The standard InChI is InChI=1S/C21H29N3O2.HI/c1-16(18-8-6-5-7-9-18)15-24-21(22-2)23-13-12-17-10-11-19(25-3)20(14-17)26-4;/h5-11,14,16H,12-13,15H2,1-4H3,(H2,22,23,24);1H. The van der Waals surface area contributed by atoms with Crippen LogP contribution in [0.1, 0.15) is 24.0 Å². The van der Waals surface area contributed by atoms with Crippen LogP contribution in [0.3, 0.4) is 0 Å². The molecule has 2 aromatic carbocycles. The summed E-state index contributed by atoms with van der Waals surface area (Å²) in [4.78, 5) is 4.30. The predicted molar refractivity (Wildman–Crippen MR) is 123 cm³/mol. The maximum atomic E-state index is 5.35. The summed E-state index contributed by atoms with van der Waals surface area (Å²) < 4.78 is 10.6. The molecule has 0 aliphatic rings. The Morgan fingerprint density at radius 2 is 1.70 bits per heavy atom. The number of guanidine groups is 1. The molecule has 2 aromatic rings. The Hall–Kier alpha value is -1.96. The quantitative estimate of drug-likeness (QED) is 0.341. The van der Waals surface area contributed by atoms with Crippen molar-refractivity contribution in [3.8, 4) is 11.5 Å². The summed E-state index contributed by atoms with van der Waals surface area (Å²) in [6, 6.07) is 16.5. The minimum Gasteiger partial charge on any atom is -0.493 e. The van der Waals surface area contributed by atoms with Crippen LogP contribution in [0.25, 0.3) is 0 Å². The Balaban J connectivity index is 0.00000364. The number of nitrogens with zero attached hydrogens (tertiary/aromatic N) is 1. The maximum absolute atomic E-state index is 5.35. The molecular formula is C21H30IN3O2. The molecule has 2 N–H and O–H groups in total. The van der Waals surface area contributed by atoms with Crippen molar-refractivity contribution in [3.05, 3.63) is 59.7 Å². The number of aliphatic imine (C=N–C) groups is 1. The summed E-state index contributed by atoms with van der Waals surface area (Å²) in [5.41, 5.74) is 2.50. The number of rotatable bonds is 8. The third-order valence-electron chi connectivity index (χ3n) is 4.32. The Bertz CT molecular complexity index is 708. The van der Waals surface area contributed by atoms with Crippen LogP contribution in [0.4, 0.5) is 0 Å². The lowest BCUT2D eigenvalue weighted by atomic mass is 10.0. The molecule has 0 aliphatic heterocycles. The van der Waals surface area contributed by atoms with E-state index in [0.717, 1.165) is 37.0 Å². The zero-order valence-corrected chi connectivity index (χ0v) is 18.8. The normalized spacial score (nSPS) is 11.9. The molecule has 27 heavy (non-hydrogen) atoms. The van der Waals surface area contributed by atoms with Crippen molar-refractivity contribution < 1.29 is 9.47 Å². The van der Waals surface area contributed by atoms with Crippen molar-refractivity contribution in [3.63, 3.8) is 0 Å². The summed E-state index contributed by atoms with van der Waals surface area (Å²) in [6.45, 7) is 3.83. The second kappa shape index (κ2) is 12.4. The topological polar surface area (TPSA) is 54.9 Å². The van der Waals surface area contributed by atoms with Gasteiger partial charge in [-0.3, -0.25) is 4.99 Å². The lowest BCUT2D eigenvalue weighted by molar-refractivity contribution is 0.354. The van der Waals surface area contributed by atoms with Crippen molar-refractivity contribution >= 4 is 29.9 Å². The van der Waals surface area contributed by atoms with Crippen LogP contribution in [-0.4, -0.2) is 40.3 Å². The number of hydrogen-bond donors (Lipinski definition) is 2. The average Bonchev–Trinajstić information content (AvgIpc) is 2.70. The highest BCUT2D eigenvalue weighted by atomic mass is 127. The molecule has 0 aromatic heterocycles. The molecule has 6 heteroatoms. The third kappa shape index (κ3) is 7.28. The molecular weight excluding hydrogens is 453 g/mol. The molecule has 0 fully saturated rings. The van der Waals surface area contributed by atoms with E-state index in [1.165, 1.54) is 11.1 Å². The van der Waals surface area contributed by atoms with Crippen molar-refractivity contribution in [1.29, 1.82) is 0 Å². The van der Waals surface area contributed by atoms with Gasteiger partial charge in [-0.15, -0.1) is 24.0 Å². The van der Waals surface area contributed by atoms with Crippen LogP contribution in [0, 0.1) is 0 Å². The number of methoxy groups -OCH3 is 2. The molecule has 1 unspecified atom stereocenters. The van der Waals surface area contributed by atoms with Crippen molar-refractivity contribution in [2.45, 2.75) is 19.3 Å².